The Balaban J connectivity index is 1.75. The molecule has 172 valence electrons. The molecular formula is C20H29FN4O5S. The molecule has 31 heavy (non-hydrogen) atoms. The van der Waals surface area contributed by atoms with Crippen LogP contribution in [0.2, 0.25) is 0 Å². The first-order chi connectivity index (χ1) is 14.5. The van der Waals surface area contributed by atoms with Gasteiger partial charge in [0.15, 0.2) is 6.17 Å². The summed E-state index contributed by atoms with van der Waals surface area (Å²) < 4.78 is 13.2. The lowest BCUT2D eigenvalue weighted by molar-refractivity contribution is -0.158. The lowest BCUT2D eigenvalue weighted by Gasteiger charge is -2.47. The Morgan fingerprint density at radius 3 is 2.52 bits per heavy atom. The van der Waals surface area contributed by atoms with E-state index in [0.717, 1.165) is 6.92 Å². The zero-order chi connectivity index (χ0) is 23.2. The lowest BCUT2D eigenvalue weighted by Crippen LogP contribution is -2.66. The molecule has 3 amide bonds. The molecule has 1 unspecified atom stereocenters. The first-order valence-corrected chi connectivity index (χ1v) is 11.2. The van der Waals surface area contributed by atoms with E-state index in [4.69, 9.17) is 0 Å². The number of hydrogen-bond donors (Lipinski definition) is 3. The van der Waals surface area contributed by atoms with Crippen molar-refractivity contribution in [2.75, 3.05) is 20.6 Å². The number of fused-ring (bicyclic) bond motifs is 1. The molecule has 0 aromatic heterocycles. The number of carboxylic acid groups (broad SMARTS) is 1. The highest BCUT2D eigenvalue weighted by molar-refractivity contribution is 8.03. The molecule has 3 rings (SSSR count). The van der Waals surface area contributed by atoms with E-state index < -0.39 is 36.0 Å². The Bertz CT molecular complexity index is 832. The van der Waals surface area contributed by atoms with Gasteiger partial charge in [-0.15, -0.1) is 11.8 Å². The summed E-state index contributed by atoms with van der Waals surface area (Å²) in [6.07, 6.45) is -1.13. The van der Waals surface area contributed by atoms with Crippen LogP contribution in [0.15, 0.2) is 10.6 Å². The van der Waals surface area contributed by atoms with Gasteiger partial charge < -0.3 is 25.5 Å². The highest BCUT2D eigenvalue weighted by Gasteiger charge is 2.60. The molecule has 3 heterocycles. The zero-order valence-electron chi connectivity index (χ0n) is 18.2. The van der Waals surface area contributed by atoms with E-state index in [1.54, 1.807) is 21.0 Å². The SMILES string of the molecule is CC(F)C(=O)N[C@H](C)[C@H]1C(=O)N2C(C(=O)O)=C(S[C@@H]3CN[C@H](C(=O)N(C)C)C3)[C@H](C)[C@H]12. The van der Waals surface area contributed by atoms with Gasteiger partial charge in [0.1, 0.15) is 5.70 Å². The molecule has 7 atom stereocenters. The van der Waals surface area contributed by atoms with Crippen LogP contribution in [0, 0.1) is 11.8 Å². The fourth-order valence-corrected chi connectivity index (χ4v) is 6.08. The van der Waals surface area contributed by atoms with Crippen LogP contribution in [0.3, 0.4) is 0 Å². The van der Waals surface area contributed by atoms with E-state index >= 15 is 0 Å². The summed E-state index contributed by atoms with van der Waals surface area (Å²) in [5, 5.41) is 15.5. The fourth-order valence-electron chi connectivity index (χ4n) is 4.60. The summed E-state index contributed by atoms with van der Waals surface area (Å²) in [6, 6.07) is -1.33. The molecule has 2 fully saturated rings. The minimum Gasteiger partial charge on any atom is -0.477 e. The van der Waals surface area contributed by atoms with Crippen LogP contribution in [-0.2, 0) is 19.2 Å². The van der Waals surface area contributed by atoms with Gasteiger partial charge in [0.25, 0.3) is 5.91 Å². The van der Waals surface area contributed by atoms with E-state index in [1.165, 1.54) is 21.6 Å². The Morgan fingerprint density at radius 1 is 1.32 bits per heavy atom. The van der Waals surface area contributed by atoms with Crippen LogP contribution in [0.25, 0.3) is 0 Å². The minimum atomic E-state index is -1.69. The first-order valence-electron chi connectivity index (χ1n) is 10.3. The molecule has 0 bridgehead atoms. The topological polar surface area (TPSA) is 119 Å². The number of carboxylic acids is 1. The van der Waals surface area contributed by atoms with Crippen LogP contribution in [0.1, 0.15) is 27.2 Å². The number of β-lactam (4-membered cyclic amide) rings is 1. The summed E-state index contributed by atoms with van der Waals surface area (Å²) in [4.78, 5) is 52.2. The normalized spacial score (nSPS) is 31.7. The van der Waals surface area contributed by atoms with Crippen LogP contribution in [0.4, 0.5) is 4.39 Å². The van der Waals surface area contributed by atoms with Gasteiger partial charge in [0, 0.05) is 42.8 Å². The number of carbonyl (C=O) groups is 4. The van der Waals surface area contributed by atoms with Crippen LogP contribution >= 0.6 is 11.8 Å². The van der Waals surface area contributed by atoms with Gasteiger partial charge >= 0.3 is 5.97 Å². The van der Waals surface area contributed by atoms with Gasteiger partial charge in [-0.3, -0.25) is 14.4 Å². The summed E-state index contributed by atoms with van der Waals surface area (Å²) >= 11 is 1.40. The number of rotatable bonds is 7. The average Bonchev–Trinajstić information content (AvgIpc) is 3.23. The highest BCUT2D eigenvalue weighted by Crippen LogP contribution is 2.51. The third-order valence-corrected chi connectivity index (χ3v) is 7.70. The van der Waals surface area contributed by atoms with Gasteiger partial charge in [-0.25, -0.2) is 9.18 Å². The molecular weight excluding hydrogens is 427 g/mol. The van der Waals surface area contributed by atoms with Crippen molar-refractivity contribution in [2.24, 2.45) is 11.8 Å². The number of aliphatic carboxylic acids is 1. The minimum absolute atomic E-state index is 0.00235. The molecule has 9 nitrogen and oxygen atoms in total. The van der Waals surface area contributed by atoms with Gasteiger partial charge in [0.05, 0.1) is 18.0 Å². The number of alkyl halides is 1. The van der Waals surface area contributed by atoms with Gasteiger partial charge in [-0.2, -0.15) is 0 Å². The number of hydrogen-bond acceptors (Lipinski definition) is 6. The Labute approximate surface area is 184 Å². The van der Waals surface area contributed by atoms with E-state index in [0.29, 0.717) is 17.9 Å². The zero-order valence-corrected chi connectivity index (χ0v) is 19.0. The smallest absolute Gasteiger partial charge is 0.353 e. The molecule has 0 aliphatic carbocycles. The standard InChI is InChI=1S/C20H29FN4O5S/c1-8-14-13(10(3)23-17(26)9(2)21)19(28)25(14)15(20(29)30)16(8)31-11-6-12(22-7-11)18(27)24(4)5/h8-14,22H,6-7H2,1-5H3,(H,23,26)(H,29,30)/t8-,9?,10-,11+,12+,13-,14-/m1/s1. The molecule has 3 aliphatic heterocycles. The molecule has 0 saturated carbocycles. The van der Waals surface area contributed by atoms with Crippen LogP contribution in [-0.4, -0.2) is 88.8 Å². The number of likely N-dealkylation sites (N-methyl/N-ethyl adjacent to an activating group) is 1. The maximum atomic E-state index is 13.2. The monoisotopic (exact) mass is 456 g/mol. The number of thioether (sulfide) groups is 1. The Hall–Kier alpha value is -2.14. The van der Waals surface area contributed by atoms with Crippen molar-refractivity contribution < 1.29 is 28.7 Å². The Kier molecular flexibility index (Phi) is 6.66. The van der Waals surface area contributed by atoms with Crippen molar-refractivity contribution in [1.29, 1.82) is 0 Å². The van der Waals surface area contributed by atoms with Gasteiger partial charge in [0.2, 0.25) is 11.8 Å². The largest absolute Gasteiger partial charge is 0.477 e. The predicted molar refractivity (Wildman–Crippen MR) is 113 cm³/mol. The van der Waals surface area contributed by atoms with Crippen molar-refractivity contribution in [1.82, 2.24) is 20.4 Å². The molecule has 11 heteroatoms. The fraction of sp³-hybridized carbons (Fsp3) is 0.700. The summed E-state index contributed by atoms with van der Waals surface area (Å²) in [6.45, 7) is 5.18. The summed E-state index contributed by atoms with van der Waals surface area (Å²) in [5.74, 6) is -3.24. The third kappa shape index (κ3) is 4.17. The average molecular weight is 457 g/mol. The maximum absolute atomic E-state index is 13.2. The highest BCUT2D eigenvalue weighted by atomic mass is 32.2. The quantitative estimate of drug-likeness (QED) is 0.468. The molecule has 3 aliphatic rings. The number of nitrogens with zero attached hydrogens (tertiary/aromatic N) is 2. The van der Waals surface area contributed by atoms with E-state index in [1.807, 2.05) is 6.92 Å². The van der Waals surface area contributed by atoms with E-state index in [2.05, 4.69) is 10.6 Å². The number of halogens is 1. The second-order valence-corrected chi connectivity index (χ2v) is 9.96. The van der Waals surface area contributed by atoms with E-state index in [9.17, 15) is 28.7 Å². The molecule has 0 aromatic rings. The van der Waals surface area contributed by atoms with Crippen molar-refractivity contribution in [3.63, 3.8) is 0 Å². The predicted octanol–water partition coefficient (Wildman–Crippen LogP) is 0.174. The lowest BCUT2D eigenvalue weighted by atomic mass is 9.78. The second kappa shape index (κ2) is 8.78. The number of carbonyl (C=O) groups excluding carboxylic acids is 3. The van der Waals surface area contributed by atoms with Gasteiger partial charge in [-0.05, 0) is 20.3 Å². The number of amides is 3. The summed E-state index contributed by atoms with van der Waals surface area (Å²) in [7, 11) is 3.38. The Morgan fingerprint density at radius 2 is 1.97 bits per heavy atom. The molecule has 0 radical (unpaired) electrons. The first kappa shape index (κ1) is 23.5. The van der Waals surface area contributed by atoms with E-state index in [-0.39, 0.29) is 34.7 Å². The summed E-state index contributed by atoms with van der Waals surface area (Å²) in [5.41, 5.74) is -0.0245. The van der Waals surface area contributed by atoms with Crippen molar-refractivity contribution in [2.45, 2.75) is 56.7 Å². The second-order valence-electron chi connectivity index (χ2n) is 8.61. The molecule has 0 aromatic carbocycles. The maximum Gasteiger partial charge on any atom is 0.353 e. The van der Waals surface area contributed by atoms with Crippen molar-refractivity contribution in [3.8, 4) is 0 Å². The molecule has 0 spiro atoms. The van der Waals surface area contributed by atoms with Crippen molar-refractivity contribution in [3.05, 3.63) is 10.6 Å². The van der Waals surface area contributed by atoms with Crippen molar-refractivity contribution >= 4 is 35.5 Å². The number of nitrogens with one attached hydrogen (secondary N) is 2. The van der Waals surface area contributed by atoms with Gasteiger partial charge in [-0.1, -0.05) is 6.92 Å². The van der Waals surface area contributed by atoms with Crippen LogP contribution < -0.4 is 10.6 Å². The molecule has 2 saturated heterocycles. The molecule has 3 N–H and O–H groups in total. The van der Waals surface area contributed by atoms with Crippen LogP contribution in [0.5, 0.6) is 0 Å². The third-order valence-electron chi connectivity index (χ3n) is 6.18.